The number of rotatable bonds is 3. The van der Waals surface area contributed by atoms with E-state index in [1.54, 1.807) is 0 Å². The van der Waals surface area contributed by atoms with Crippen LogP contribution >= 0.6 is 0 Å². The first-order valence-electron chi connectivity index (χ1n) is 6.59. The molecule has 3 rings (SSSR count). The molecule has 1 aromatic rings. The Morgan fingerprint density at radius 3 is 3.00 bits per heavy atom. The second-order valence-corrected chi connectivity index (χ2v) is 5.68. The Bertz CT molecular complexity index is 465. The minimum absolute atomic E-state index is 0.467. The third-order valence-electron chi connectivity index (χ3n) is 4.27. The number of carboxylic acid groups (broad SMARTS) is 1. The molecule has 0 radical (unpaired) electrons. The maximum Gasteiger partial charge on any atom is 0.317 e. The fourth-order valence-electron chi connectivity index (χ4n) is 2.88. The molecule has 98 valence electrons. The normalized spacial score (nSPS) is 27.1. The van der Waals surface area contributed by atoms with Gasteiger partial charge in [0.25, 0.3) is 0 Å². The summed E-state index contributed by atoms with van der Waals surface area (Å²) in [4.78, 5) is 21.2. The molecule has 2 aliphatic rings. The van der Waals surface area contributed by atoms with Crippen LogP contribution in [-0.4, -0.2) is 46.1 Å². The Balaban J connectivity index is 1.79. The van der Waals surface area contributed by atoms with Crippen molar-refractivity contribution in [3.05, 3.63) is 17.7 Å². The zero-order valence-electron chi connectivity index (χ0n) is 10.6. The van der Waals surface area contributed by atoms with Crippen LogP contribution in [0.2, 0.25) is 0 Å². The fraction of sp³-hybridized carbons (Fsp3) is 0.692. The molecule has 0 aromatic carbocycles. The highest BCUT2D eigenvalue weighted by Crippen LogP contribution is 2.47. The highest BCUT2D eigenvalue weighted by atomic mass is 16.4. The molecule has 5 nitrogen and oxygen atoms in total. The van der Waals surface area contributed by atoms with E-state index < -0.39 is 11.4 Å². The topological polar surface area (TPSA) is 69.2 Å². The van der Waals surface area contributed by atoms with E-state index in [0.29, 0.717) is 24.6 Å². The van der Waals surface area contributed by atoms with E-state index in [1.807, 2.05) is 6.20 Å². The molecule has 0 spiro atoms. The van der Waals surface area contributed by atoms with Crippen molar-refractivity contribution in [2.45, 2.75) is 37.0 Å². The first-order valence-corrected chi connectivity index (χ1v) is 6.59. The number of carboxylic acids is 1. The zero-order chi connectivity index (χ0) is 12.8. The van der Waals surface area contributed by atoms with Gasteiger partial charge in [-0.2, -0.15) is 0 Å². The Kier molecular flexibility index (Phi) is 2.66. The van der Waals surface area contributed by atoms with E-state index in [0.717, 1.165) is 25.2 Å². The SMILES string of the molecule is CN1CCCC(c2cnc(C3(C(=O)O)CC3)[nH]2)C1. The van der Waals surface area contributed by atoms with E-state index >= 15 is 0 Å². The first-order chi connectivity index (χ1) is 8.62. The van der Waals surface area contributed by atoms with Gasteiger partial charge in [-0.25, -0.2) is 4.98 Å². The minimum atomic E-state index is -0.746. The van der Waals surface area contributed by atoms with Crippen LogP contribution in [0.15, 0.2) is 6.20 Å². The van der Waals surface area contributed by atoms with Gasteiger partial charge in [-0.3, -0.25) is 4.79 Å². The first kappa shape index (κ1) is 11.7. The molecular formula is C13H19N3O2. The van der Waals surface area contributed by atoms with Crippen LogP contribution in [-0.2, 0) is 10.2 Å². The minimum Gasteiger partial charge on any atom is -0.480 e. The number of hydrogen-bond acceptors (Lipinski definition) is 3. The summed E-state index contributed by atoms with van der Waals surface area (Å²) in [6, 6.07) is 0. The van der Waals surface area contributed by atoms with Crippen LogP contribution in [0.3, 0.4) is 0 Å². The standard InChI is InChI=1S/C13H19N3O2/c1-16-6-2-3-9(8-16)10-7-14-11(15-10)13(4-5-13)12(17)18/h7,9H,2-6,8H2,1H3,(H,14,15)(H,17,18). The molecule has 18 heavy (non-hydrogen) atoms. The maximum atomic E-state index is 11.3. The predicted molar refractivity (Wildman–Crippen MR) is 66.6 cm³/mol. The lowest BCUT2D eigenvalue weighted by molar-refractivity contribution is -0.140. The van der Waals surface area contributed by atoms with E-state index in [-0.39, 0.29) is 0 Å². The van der Waals surface area contributed by atoms with Gasteiger partial charge in [0.1, 0.15) is 11.2 Å². The summed E-state index contributed by atoms with van der Waals surface area (Å²) in [5.74, 6) is 0.372. The van der Waals surface area contributed by atoms with Crippen LogP contribution in [0.25, 0.3) is 0 Å². The summed E-state index contributed by atoms with van der Waals surface area (Å²) in [6.07, 6.45) is 5.60. The number of aromatic nitrogens is 2. The van der Waals surface area contributed by atoms with Crippen LogP contribution < -0.4 is 0 Å². The molecule has 5 heteroatoms. The van der Waals surface area contributed by atoms with Gasteiger partial charge in [0.2, 0.25) is 0 Å². The van der Waals surface area contributed by atoms with E-state index in [4.69, 9.17) is 0 Å². The maximum absolute atomic E-state index is 11.3. The van der Waals surface area contributed by atoms with Gasteiger partial charge in [0.15, 0.2) is 0 Å². The smallest absolute Gasteiger partial charge is 0.317 e. The van der Waals surface area contributed by atoms with Crippen molar-refractivity contribution in [1.82, 2.24) is 14.9 Å². The Morgan fingerprint density at radius 1 is 1.61 bits per heavy atom. The summed E-state index contributed by atoms with van der Waals surface area (Å²) >= 11 is 0. The third-order valence-corrected chi connectivity index (χ3v) is 4.27. The summed E-state index contributed by atoms with van der Waals surface area (Å²) < 4.78 is 0. The monoisotopic (exact) mass is 249 g/mol. The van der Waals surface area contributed by atoms with Crippen molar-refractivity contribution in [3.8, 4) is 0 Å². The average Bonchev–Trinajstić information content (AvgIpc) is 3.01. The summed E-state index contributed by atoms with van der Waals surface area (Å²) in [6.45, 7) is 2.18. The molecule has 1 unspecified atom stereocenters. The number of carbonyl (C=O) groups is 1. The number of H-pyrrole nitrogens is 1. The second-order valence-electron chi connectivity index (χ2n) is 5.68. The lowest BCUT2D eigenvalue weighted by atomic mass is 9.96. The number of nitrogens with zero attached hydrogens (tertiary/aromatic N) is 2. The van der Waals surface area contributed by atoms with E-state index in [2.05, 4.69) is 21.9 Å². The number of likely N-dealkylation sites (N-methyl/N-ethyl adjacent to an activating group) is 1. The van der Waals surface area contributed by atoms with Crippen molar-refractivity contribution >= 4 is 5.97 Å². The van der Waals surface area contributed by atoms with Crippen molar-refractivity contribution in [3.63, 3.8) is 0 Å². The number of nitrogens with one attached hydrogen (secondary N) is 1. The largest absolute Gasteiger partial charge is 0.480 e. The molecule has 1 saturated heterocycles. The quantitative estimate of drug-likeness (QED) is 0.848. The highest BCUT2D eigenvalue weighted by molar-refractivity contribution is 5.83. The zero-order valence-corrected chi connectivity index (χ0v) is 10.6. The number of imidazole rings is 1. The summed E-state index contributed by atoms with van der Waals surface area (Å²) in [5, 5.41) is 9.25. The fourth-order valence-corrected chi connectivity index (χ4v) is 2.88. The number of aromatic amines is 1. The predicted octanol–water partition coefficient (Wildman–Crippen LogP) is 1.34. The van der Waals surface area contributed by atoms with Gasteiger partial charge in [-0.1, -0.05) is 0 Å². The molecule has 2 fully saturated rings. The second kappa shape index (κ2) is 4.09. The lowest BCUT2D eigenvalue weighted by Gasteiger charge is -2.28. The molecule has 1 aliphatic heterocycles. The Hall–Kier alpha value is -1.36. The van der Waals surface area contributed by atoms with Gasteiger partial charge in [-0.05, 0) is 39.3 Å². The van der Waals surface area contributed by atoms with Crippen LogP contribution in [0.1, 0.15) is 43.1 Å². The van der Waals surface area contributed by atoms with Crippen LogP contribution in [0.4, 0.5) is 0 Å². The molecular weight excluding hydrogens is 230 g/mol. The molecule has 2 heterocycles. The van der Waals surface area contributed by atoms with Gasteiger partial charge in [-0.15, -0.1) is 0 Å². The number of aliphatic carboxylic acids is 1. The Labute approximate surface area is 106 Å². The van der Waals surface area contributed by atoms with Crippen LogP contribution in [0.5, 0.6) is 0 Å². The summed E-state index contributed by atoms with van der Waals surface area (Å²) in [7, 11) is 2.13. The molecule has 1 aliphatic carbocycles. The van der Waals surface area contributed by atoms with E-state index in [9.17, 15) is 9.90 Å². The van der Waals surface area contributed by atoms with Gasteiger partial charge >= 0.3 is 5.97 Å². The van der Waals surface area contributed by atoms with Gasteiger partial charge in [0.05, 0.1) is 0 Å². The molecule has 0 amide bonds. The van der Waals surface area contributed by atoms with Gasteiger partial charge in [0, 0.05) is 24.4 Å². The number of likely N-dealkylation sites (tertiary alicyclic amines) is 1. The van der Waals surface area contributed by atoms with Crippen molar-refractivity contribution in [2.75, 3.05) is 20.1 Å². The summed E-state index contributed by atoms with van der Waals surface area (Å²) in [5.41, 5.74) is 0.391. The van der Waals surface area contributed by atoms with E-state index in [1.165, 1.54) is 6.42 Å². The molecule has 1 saturated carbocycles. The Morgan fingerprint density at radius 2 is 2.39 bits per heavy atom. The molecule has 1 atom stereocenters. The highest BCUT2D eigenvalue weighted by Gasteiger charge is 2.54. The number of piperidine rings is 1. The number of hydrogen-bond donors (Lipinski definition) is 2. The van der Waals surface area contributed by atoms with Crippen molar-refractivity contribution in [2.24, 2.45) is 0 Å². The molecule has 1 aromatic heterocycles. The van der Waals surface area contributed by atoms with Crippen molar-refractivity contribution in [1.29, 1.82) is 0 Å². The van der Waals surface area contributed by atoms with Crippen molar-refractivity contribution < 1.29 is 9.90 Å². The lowest BCUT2D eigenvalue weighted by Crippen LogP contribution is -2.31. The average molecular weight is 249 g/mol. The van der Waals surface area contributed by atoms with Gasteiger partial charge < -0.3 is 15.0 Å². The van der Waals surface area contributed by atoms with Crippen LogP contribution in [0, 0.1) is 0 Å². The molecule has 0 bridgehead atoms. The third kappa shape index (κ3) is 1.82. The molecule has 2 N–H and O–H groups in total.